The number of rotatable bonds is 1. The van der Waals surface area contributed by atoms with Crippen LogP contribution in [0.4, 0.5) is 0 Å². The molecule has 0 fully saturated rings. The molecule has 4 heteroatoms. The number of aliphatic hydroxyl groups is 4. The lowest BCUT2D eigenvalue weighted by Gasteiger charge is -1.70. The Morgan fingerprint density at radius 3 is 1.00 bits per heavy atom. The van der Waals surface area contributed by atoms with Crippen LogP contribution in [0.2, 0.25) is 0 Å². The van der Waals surface area contributed by atoms with Crippen LogP contribution < -0.4 is 0 Å². The van der Waals surface area contributed by atoms with Crippen molar-refractivity contribution in [2.24, 2.45) is 0 Å². The van der Waals surface area contributed by atoms with E-state index in [9.17, 15) is 0 Å². The van der Waals surface area contributed by atoms with Crippen molar-refractivity contribution in [3.8, 4) is 0 Å². The molecule has 9 heavy (non-hydrogen) atoms. The maximum atomic E-state index is 7.62. The zero-order valence-corrected chi connectivity index (χ0v) is 5.91. The molecular formula is C5H16O4. The Morgan fingerprint density at radius 1 is 0.889 bits per heavy atom. The molecule has 0 atom stereocenters. The van der Waals surface area contributed by atoms with E-state index in [1.54, 1.807) is 6.92 Å². The van der Waals surface area contributed by atoms with Crippen molar-refractivity contribution in [2.75, 3.05) is 26.9 Å². The first-order chi connectivity index (χ1) is 4.33. The third-order valence-electron chi connectivity index (χ3n) is 0.1000. The molecule has 0 aromatic rings. The van der Waals surface area contributed by atoms with Crippen LogP contribution in [0.25, 0.3) is 0 Å². The summed E-state index contributed by atoms with van der Waals surface area (Å²) in [6.45, 7) is 1.68. The Labute approximate surface area is 55.4 Å². The summed E-state index contributed by atoms with van der Waals surface area (Å²) in [6.07, 6.45) is 0. The maximum absolute atomic E-state index is 7.62. The van der Waals surface area contributed by atoms with Gasteiger partial charge < -0.3 is 20.4 Å². The third kappa shape index (κ3) is 379. The molecule has 0 bridgehead atoms. The first-order valence-electron chi connectivity index (χ1n) is 2.60. The molecule has 0 aromatic heterocycles. The fourth-order valence-electron chi connectivity index (χ4n) is 0. The molecule has 60 valence electrons. The maximum Gasteiger partial charge on any atom is 0.0662 e. The standard InChI is InChI=1S/C2H6O2.C2H6O.CH4O/c3-1-2-4;1-2-3;1-2/h3-4H,1-2H2;3H,2H2,1H3;2H,1H3. The van der Waals surface area contributed by atoms with Crippen molar-refractivity contribution in [1.29, 1.82) is 0 Å². The van der Waals surface area contributed by atoms with E-state index in [1.165, 1.54) is 0 Å². The minimum Gasteiger partial charge on any atom is -0.400 e. The summed E-state index contributed by atoms with van der Waals surface area (Å²) in [7, 11) is 1.00. The van der Waals surface area contributed by atoms with Crippen LogP contribution >= 0.6 is 0 Å². The molecule has 0 rings (SSSR count). The molecule has 0 aliphatic rings. The summed E-state index contributed by atoms with van der Waals surface area (Å²) in [5.41, 5.74) is 0. The van der Waals surface area contributed by atoms with Crippen molar-refractivity contribution in [3.63, 3.8) is 0 Å². The first kappa shape index (κ1) is 15.9. The lowest BCUT2D eigenvalue weighted by Crippen LogP contribution is -1.85. The van der Waals surface area contributed by atoms with Crippen LogP contribution in [-0.4, -0.2) is 47.4 Å². The second-order valence-corrected chi connectivity index (χ2v) is 0.763. The van der Waals surface area contributed by atoms with Crippen LogP contribution in [0.3, 0.4) is 0 Å². The quantitative estimate of drug-likeness (QED) is 0.360. The van der Waals surface area contributed by atoms with E-state index in [-0.39, 0.29) is 19.8 Å². The number of aliphatic hydroxyl groups excluding tert-OH is 4. The van der Waals surface area contributed by atoms with Gasteiger partial charge in [0.2, 0.25) is 0 Å². The van der Waals surface area contributed by atoms with Crippen LogP contribution in [0.1, 0.15) is 6.92 Å². The van der Waals surface area contributed by atoms with Gasteiger partial charge in [0.05, 0.1) is 13.2 Å². The third-order valence-corrected chi connectivity index (χ3v) is 0.1000. The fourth-order valence-corrected chi connectivity index (χ4v) is 0. The largest absolute Gasteiger partial charge is 0.400 e. The topological polar surface area (TPSA) is 80.9 Å². The summed E-state index contributed by atoms with van der Waals surface area (Å²) in [4.78, 5) is 0. The van der Waals surface area contributed by atoms with Crippen molar-refractivity contribution >= 4 is 0 Å². The highest BCUT2D eigenvalue weighted by atomic mass is 16.3. The fraction of sp³-hybridized carbons (Fsp3) is 1.00. The van der Waals surface area contributed by atoms with Gasteiger partial charge in [0.25, 0.3) is 0 Å². The average Bonchev–Trinajstić information content (AvgIpc) is 1.94. The highest BCUT2D eigenvalue weighted by Gasteiger charge is 1.58. The zero-order valence-electron chi connectivity index (χ0n) is 5.91. The molecule has 0 saturated carbocycles. The van der Waals surface area contributed by atoms with Crippen molar-refractivity contribution < 1.29 is 20.4 Å². The van der Waals surface area contributed by atoms with E-state index < -0.39 is 0 Å². The first-order valence-corrected chi connectivity index (χ1v) is 2.60. The SMILES string of the molecule is CCO.CO.OCCO. The molecule has 0 unspecified atom stereocenters. The van der Waals surface area contributed by atoms with Crippen LogP contribution in [0, 0.1) is 0 Å². The van der Waals surface area contributed by atoms with Gasteiger partial charge >= 0.3 is 0 Å². The minimum absolute atomic E-state index is 0.125. The molecule has 0 radical (unpaired) electrons. The molecule has 0 saturated heterocycles. The molecule has 4 nitrogen and oxygen atoms in total. The van der Waals surface area contributed by atoms with E-state index in [2.05, 4.69) is 0 Å². The Balaban J connectivity index is -0.0000000646. The summed E-state index contributed by atoms with van der Waals surface area (Å²) in [5, 5.41) is 29.8. The average molecular weight is 140 g/mol. The van der Waals surface area contributed by atoms with Crippen molar-refractivity contribution in [1.82, 2.24) is 0 Å². The minimum atomic E-state index is -0.125. The predicted molar refractivity (Wildman–Crippen MR) is 35.1 cm³/mol. The monoisotopic (exact) mass is 140 g/mol. The molecule has 0 aromatic carbocycles. The van der Waals surface area contributed by atoms with Gasteiger partial charge in [-0.3, -0.25) is 0 Å². The number of hydrogen-bond acceptors (Lipinski definition) is 4. The molecule has 0 aliphatic heterocycles. The summed E-state index contributed by atoms with van der Waals surface area (Å²) in [6, 6.07) is 0. The normalized spacial score (nSPS) is 6.00. The van der Waals surface area contributed by atoms with Gasteiger partial charge in [0.15, 0.2) is 0 Å². The lowest BCUT2D eigenvalue weighted by molar-refractivity contribution is 0.186. The summed E-state index contributed by atoms with van der Waals surface area (Å²) < 4.78 is 0. The van der Waals surface area contributed by atoms with E-state index in [0.717, 1.165) is 7.11 Å². The number of hydrogen-bond donors (Lipinski definition) is 4. The van der Waals surface area contributed by atoms with Gasteiger partial charge in [-0.2, -0.15) is 0 Å². The van der Waals surface area contributed by atoms with Crippen LogP contribution in [0.15, 0.2) is 0 Å². The predicted octanol–water partition coefficient (Wildman–Crippen LogP) is -1.42. The van der Waals surface area contributed by atoms with Gasteiger partial charge in [0.1, 0.15) is 0 Å². The van der Waals surface area contributed by atoms with Gasteiger partial charge in [-0.05, 0) is 6.92 Å². The smallest absolute Gasteiger partial charge is 0.0662 e. The Morgan fingerprint density at radius 2 is 1.00 bits per heavy atom. The van der Waals surface area contributed by atoms with Gasteiger partial charge in [0, 0.05) is 13.7 Å². The molecule has 4 N–H and O–H groups in total. The Hall–Kier alpha value is -0.160. The molecule has 0 amide bonds. The summed E-state index contributed by atoms with van der Waals surface area (Å²) >= 11 is 0. The lowest BCUT2D eigenvalue weighted by atomic mass is 10.8. The molecule has 0 aliphatic carbocycles. The molecular weight excluding hydrogens is 124 g/mol. The molecule has 0 heterocycles. The summed E-state index contributed by atoms with van der Waals surface area (Å²) in [5.74, 6) is 0. The van der Waals surface area contributed by atoms with Crippen LogP contribution in [0.5, 0.6) is 0 Å². The zero-order chi connectivity index (χ0) is 8.12. The van der Waals surface area contributed by atoms with Crippen LogP contribution in [-0.2, 0) is 0 Å². The van der Waals surface area contributed by atoms with Crippen molar-refractivity contribution in [2.45, 2.75) is 6.92 Å². The van der Waals surface area contributed by atoms with E-state index >= 15 is 0 Å². The van der Waals surface area contributed by atoms with E-state index in [1.807, 2.05) is 0 Å². The Kier molecular flexibility index (Phi) is 80.5. The van der Waals surface area contributed by atoms with Gasteiger partial charge in [-0.1, -0.05) is 0 Å². The highest BCUT2D eigenvalue weighted by molar-refractivity contribution is 4.06. The highest BCUT2D eigenvalue weighted by Crippen LogP contribution is 1.39. The Bertz CT molecular complexity index is 16.4. The van der Waals surface area contributed by atoms with Gasteiger partial charge in [-0.25, -0.2) is 0 Å². The van der Waals surface area contributed by atoms with E-state index in [4.69, 9.17) is 20.4 Å². The van der Waals surface area contributed by atoms with Crippen molar-refractivity contribution in [3.05, 3.63) is 0 Å². The second kappa shape index (κ2) is 45.5. The molecule has 0 spiro atoms. The van der Waals surface area contributed by atoms with Gasteiger partial charge in [-0.15, -0.1) is 0 Å². The second-order valence-electron chi connectivity index (χ2n) is 0.763. The van der Waals surface area contributed by atoms with E-state index in [0.29, 0.717) is 0 Å².